The summed E-state index contributed by atoms with van der Waals surface area (Å²) in [6.45, 7) is 0. The number of ether oxygens (including phenoxy) is 1. The van der Waals surface area contributed by atoms with Crippen molar-refractivity contribution in [3.05, 3.63) is 98.8 Å². The summed E-state index contributed by atoms with van der Waals surface area (Å²) in [5.41, 5.74) is 6.14. The molecule has 3 aromatic carbocycles. The van der Waals surface area contributed by atoms with Crippen molar-refractivity contribution in [3.8, 4) is 11.5 Å². The van der Waals surface area contributed by atoms with Gasteiger partial charge in [-0.3, -0.25) is 20.2 Å². The molecule has 3 rings (SSSR count). The van der Waals surface area contributed by atoms with Crippen LogP contribution in [0, 0.1) is 26.0 Å². The van der Waals surface area contributed by atoms with Gasteiger partial charge in [0, 0.05) is 36.0 Å². The molecule has 0 bridgehead atoms. The van der Waals surface area contributed by atoms with E-state index in [0.29, 0.717) is 17.2 Å². The normalized spacial score (nSPS) is 9.67. The van der Waals surface area contributed by atoms with Gasteiger partial charge < -0.3 is 10.5 Å². The molecule has 27 heavy (non-hydrogen) atoms. The van der Waals surface area contributed by atoms with Crippen molar-refractivity contribution in [2.24, 2.45) is 0 Å². The van der Waals surface area contributed by atoms with E-state index >= 15 is 0 Å². The highest BCUT2D eigenvalue weighted by molar-refractivity contribution is 5.46. The van der Waals surface area contributed by atoms with Crippen LogP contribution in [0.1, 0.15) is 0 Å². The smallest absolute Gasteiger partial charge is 0.269 e. The van der Waals surface area contributed by atoms with Crippen LogP contribution in [0.4, 0.5) is 21.5 Å². The highest BCUT2D eigenvalue weighted by atomic mass is 19.1. The number of anilines is 1. The fourth-order valence-corrected chi connectivity index (χ4v) is 1.91. The maximum Gasteiger partial charge on any atom is 0.269 e. The first kappa shape index (κ1) is 19.3. The second-order valence-electron chi connectivity index (χ2n) is 5.16. The number of non-ortho nitro benzene ring substituents is 2. The van der Waals surface area contributed by atoms with Crippen LogP contribution in [0.5, 0.6) is 11.5 Å². The molecule has 0 aromatic heterocycles. The Kier molecular flexibility index (Phi) is 6.37. The Hall–Kier alpha value is -4.01. The van der Waals surface area contributed by atoms with Gasteiger partial charge >= 0.3 is 0 Å². The lowest BCUT2D eigenvalue weighted by Gasteiger charge is -2.05. The SMILES string of the molecule is Nc1cccc(Oc2ccc([N+](=O)[O-])cc2)c1.O=[N+]([O-])c1ccc(F)cc1. The minimum absolute atomic E-state index is 0.0323. The van der Waals surface area contributed by atoms with E-state index in [1.165, 1.54) is 12.1 Å². The summed E-state index contributed by atoms with van der Waals surface area (Å²) in [5.74, 6) is 0.658. The Labute approximate surface area is 152 Å². The van der Waals surface area contributed by atoms with Gasteiger partial charge in [0.1, 0.15) is 17.3 Å². The van der Waals surface area contributed by atoms with Gasteiger partial charge in [-0.05, 0) is 36.4 Å². The first-order chi connectivity index (χ1) is 12.8. The molecule has 0 aliphatic rings. The number of nitro groups is 2. The Balaban J connectivity index is 0.000000223. The Morgan fingerprint density at radius 3 is 1.78 bits per heavy atom. The van der Waals surface area contributed by atoms with Crippen LogP contribution in [0.2, 0.25) is 0 Å². The number of hydrogen-bond donors (Lipinski definition) is 1. The Morgan fingerprint density at radius 1 is 0.778 bits per heavy atom. The molecule has 3 aromatic rings. The molecular formula is C18H14FN3O5. The van der Waals surface area contributed by atoms with Crippen LogP contribution < -0.4 is 10.5 Å². The second-order valence-corrected chi connectivity index (χ2v) is 5.16. The lowest BCUT2D eigenvalue weighted by Crippen LogP contribution is -1.89. The summed E-state index contributed by atoms with van der Waals surface area (Å²) in [4.78, 5) is 19.4. The van der Waals surface area contributed by atoms with Crippen LogP contribution >= 0.6 is 0 Å². The minimum Gasteiger partial charge on any atom is -0.457 e. The average molecular weight is 371 g/mol. The Bertz CT molecular complexity index is 930. The molecule has 0 amide bonds. The van der Waals surface area contributed by atoms with E-state index in [0.717, 1.165) is 24.3 Å². The van der Waals surface area contributed by atoms with Crippen LogP contribution in [0.25, 0.3) is 0 Å². The summed E-state index contributed by atoms with van der Waals surface area (Å²) < 4.78 is 17.6. The molecule has 0 atom stereocenters. The summed E-state index contributed by atoms with van der Waals surface area (Å²) >= 11 is 0. The van der Waals surface area contributed by atoms with Crippen molar-refractivity contribution in [2.75, 3.05) is 5.73 Å². The lowest BCUT2D eigenvalue weighted by molar-refractivity contribution is -0.385. The third-order valence-corrected chi connectivity index (χ3v) is 3.18. The van der Waals surface area contributed by atoms with E-state index in [1.54, 1.807) is 36.4 Å². The van der Waals surface area contributed by atoms with Crippen molar-refractivity contribution in [2.45, 2.75) is 0 Å². The monoisotopic (exact) mass is 371 g/mol. The first-order valence-corrected chi connectivity index (χ1v) is 7.53. The van der Waals surface area contributed by atoms with Crippen molar-refractivity contribution in [1.82, 2.24) is 0 Å². The second kappa shape index (κ2) is 8.90. The highest BCUT2D eigenvalue weighted by Gasteiger charge is 2.05. The molecule has 8 nitrogen and oxygen atoms in total. The largest absolute Gasteiger partial charge is 0.457 e. The fraction of sp³-hybridized carbons (Fsp3) is 0. The van der Waals surface area contributed by atoms with Gasteiger partial charge in [-0.25, -0.2) is 4.39 Å². The maximum absolute atomic E-state index is 12.1. The van der Waals surface area contributed by atoms with E-state index in [2.05, 4.69) is 0 Å². The van der Waals surface area contributed by atoms with Crippen molar-refractivity contribution >= 4 is 17.1 Å². The number of hydrogen-bond acceptors (Lipinski definition) is 6. The summed E-state index contributed by atoms with van der Waals surface area (Å²) in [6, 6.07) is 17.2. The standard InChI is InChI=1S/C12H10N2O3.C6H4FNO2/c13-9-2-1-3-12(8-9)17-11-6-4-10(5-7-11)14(15)16;7-5-1-3-6(4-2-5)8(9)10/h1-8H,13H2;1-4H. The summed E-state index contributed by atoms with van der Waals surface area (Å²) in [6.07, 6.45) is 0. The Morgan fingerprint density at radius 2 is 1.30 bits per heavy atom. The molecule has 0 saturated heterocycles. The number of nitrogens with two attached hydrogens (primary N) is 1. The highest BCUT2D eigenvalue weighted by Crippen LogP contribution is 2.24. The first-order valence-electron chi connectivity index (χ1n) is 7.53. The zero-order valence-corrected chi connectivity index (χ0v) is 13.8. The van der Waals surface area contributed by atoms with Crippen LogP contribution in [0.3, 0.4) is 0 Å². The molecule has 0 unspecified atom stereocenters. The summed E-state index contributed by atoms with van der Waals surface area (Å²) in [5, 5.41) is 20.5. The third-order valence-electron chi connectivity index (χ3n) is 3.18. The molecule has 0 saturated carbocycles. The van der Waals surface area contributed by atoms with Gasteiger partial charge in [0.25, 0.3) is 11.4 Å². The maximum atomic E-state index is 12.1. The molecule has 2 N–H and O–H groups in total. The lowest BCUT2D eigenvalue weighted by atomic mass is 10.3. The zero-order valence-electron chi connectivity index (χ0n) is 13.8. The molecule has 0 aliphatic carbocycles. The van der Waals surface area contributed by atoms with Gasteiger partial charge in [0.2, 0.25) is 0 Å². The molecule has 0 heterocycles. The van der Waals surface area contributed by atoms with Crippen molar-refractivity contribution < 1.29 is 19.0 Å². The molecule has 0 spiro atoms. The van der Waals surface area contributed by atoms with Crippen molar-refractivity contribution in [1.29, 1.82) is 0 Å². The van der Waals surface area contributed by atoms with Gasteiger partial charge in [-0.2, -0.15) is 0 Å². The average Bonchev–Trinajstić information content (AvgIpc) is 2.63. The van der Waals surface area contributed by atoms with Gasteiger partial charge in [0.15, 0.2) is 0 Å². The molecule has 9 heteroatoms. The number of nitrogens with zero attached hydrogens (tertiary/aromatic N) is 2. The van der Waals surface area contributed by atoms with Crippen LogP contribution in [0.15, 0.2) is 72.8 Å². The van der Waals surface area contributed by atoms with E-state index in [1.807, 2.05) is 0 Å². The van der Waals surface area contributed by atoms with Crippen molar-refractivity contribution in [3.63, 3.8) is 0 Å². The van der Waals surface area contributed by atoms with E-state index in [4.69, 9.17) is 10.5 Å². The van der Waals surface area contributed by atoms with Gasteiger partial charge in [-0.1, -0.05) is 6.07 Å². The number of halogens is 1. The number of nitrogen functional groups attached to an aromatic ring is 1. The fourth-order valence-electron chi connectivity index (χ4n) is 1.91. The third kappa shape index (κ3) is 6.09. The minimum atomic E-state index is -0.570. The number of rotatable bonds is 4. The molecule has 0 aliphatic heterocycles. The quantitative estimate of drug-likeness (QED) is 0.403. The molecule has 0 radical (unpaired) electrons. The molecule has 0 fully saturated rings. The van der Waals surface area contributed by atoms with Crippen LogP contribution in [-0.2, 0) is 0 Å². The predicted molar refractivity (Wildman–Crippen MR) is 97.1 cm³/mol. The predicted octanol–water partition coefficient (Wildman–Crippen LogP) is 4.70. The van der Waals surface area contributed by atoms with Crippen LogP contribution in [-0.4, -0.2) is 9.85 Å². The number of benzene rings is 3. The molecular weight excluding hydrogens is 357 g/mol. The van der Waals surface area contributed by atoms with Gasteiger partial charge in [0.05, 0.1) is 9.85 Å². The van der Waals surface area contributed by atoms with Gasteiger partial charge in [-0.15, -0.1) is 0 Å². The van der Waals surface area contributed by atoms with E-state index in [9.17, 15) is 24.6 Å². The zero-order chi connectivity index (χ0) is 19.8. The molecule has 138 valence electrons. The summed E-state index contributed by atoms with van der Waals surface area (Å²) in [7, 11) is 0. The topological polar surface area (TPSA) is 122 Å². The van der Waals surface area contributed by atoms with E-state index < -0.39 is 15.7 Å². The number of nitro benzene ring substituents is 2. The van der Waals surface area contributed by atoms with E-state index in [-0.39, 0.29) is 11.4 Å².